The van der Waals surface area contributed by atoms with Crippen molar-refractivity contribution in [3.8, 4) is 0 Å². The van der Waals surface area contributed by atoms with Crippen molar-refractivity contribution in [3.05, 3.63) is 41.5 Å². The van der Waals surface area contributed by atoms with Gasteiger partial charge in [0.05, 0.1) is 17.9 Å². The third-order valence-electron chi connectivity index (χ3n) is 4.06. The van der Waals surface area contributed by atoms with E-state index in [2.05, 4.69) is 10.4 Å². The van der Waals surface area contributed by atoms with Crippen molar-refractivity contribution in [1.29, 1.82) is 0 Å². The lowest BCUT2D eigenvalue weighted by Crippen LogP contribution is -2.36. The first-order chi connectivity index (χ1) is 11.3. The summed E-state index contributed by atoms with van der Waals surface area (Å²) in [5.41, 5.74) is -0.276. The van der Waals surface area contributed by atoms with Gasteiger partial charge in [-0.2, -0.15) is 18.3 Å². The Morgan fingerprint density at radius 3 is 2.88 bits per heavy atom. The van der Waals surface area contributed by atoms with Crippen LogP contribution in [0, 0.1) is 0 Å². The lowest BCUT2D eigenvalue weighted by molar-refractivity contribution is -0.141. The number of alkyl halides is 3. The van der Waals surface area contributed by atoms with E-state index in [0.717, 1.165) is 10.7 Å². The van der Waals surface area contributed by atoms with Crippen molar-refractivity contribution in [1.82, 2.24) is 19.7 Å². The lowest BCUT2D eigenvalue weighted by atomic mass is 10.0. The number of hydrogen-bond acceptors (Lipinski definition) is 3. The van der Waals surface area contributed by atoms with Crippen LogP contribution in [0.2, 0.25) is 0 Å². The van der Waals surface area contributed by atoms with Gasteiger partial charge in [-0.3, -0.25) is 14.3 Å². The summed E-state index contributed by atoms with van der Waals surface area (Å²) in [5.74, 6) is -0.361. The van der Waals surface area contributed by atoms with E-state index >= 15 is 0 Å². The Bertz CT molecular complexity index is 791. The number of carbonyl (C=O) groups is 2. The van der Waals surface area contributed by atoms with Crippen LogP contribution in [-0.2, 0) is 24.6 Å². The van der Waals surface area contributed by atoms with E-state index in [0.29, 0.717) is 12.1 Å². The molecule has 1 atom stereocenters. The quantitative estimate of drug-likeness (QED) is 0.930. The van der Waals surface area contributed by atoms with Crippen LogP contribution in [0.3, 0.4) is 0 Å². The molecule has 0 fully saturated rings. The zero-order valence-electron chi connectivity index (χ0n) is 12.8. The van der Waals surface area contributed by atoms with Gasteiger partial charge in [0.1, 0.15) is 6.04 Å². The lowest BCUT2D eigenvalue weighted by Gasteiger charge is -2.24. The van der Waals surface area contributed by atoms with E-state index < -0.39 is 17.9 Å². The van der Waals surface area contributed by atoms with Crippen LogP contribution in [-0.4, -0.2) is 26.0 Å². The van der Waals surface area contributed by atoms with Crippen molar-refractivity contribution < 1.29 is 22.8 Å². The molecule has 3 rings (SSSR count). The molecule has 1 N–H and O–H groups in total. The minimum atomic E-state index is -4.52. The van der Waals surface area contributed by atoms with Crippen LogP contribution < -0.4 is 5.32 Å². The molecule has 0 bridgehead atoms. The largest absolute Gasteiger partial charge is 0.435 e. The van der Waals surface area contributed by atoms with Crippen LogP contribution in [0.4, 0.5) is 13.2 Å². The number of aryl methyl sites for hydroxylation is 1. The molecule has 0 radical (unpaired) electrons. The maximum atomic E-state index is 12.6. The summed E-state index contributed by atoms with van der Waals surface area (Å²) >= 11 is 0. The Labute approximate surface area is 135 Å². The molecule has 0 spiro atoms. The van der Waals surface area contributed by atoms with E-state index in [1.807, 2.05) is 0 Å². The topological polar surface area (TPSA) is 68.9 Å². The van der Waals surface area contributed by atoms with Gasteiger partial charge in [-0.05, 0) is 24.6 Å². The Kier molecular flexibility index (Phi) is 3.94. The van der Waals surface area contributed by atoms with Crippen molar-refractivity contribution >= 4 is 11.7 Å². The molecule has 3 heterocycles. The number of Topliss-reactive ketones (excluding diaryl/α,β-unsaturated/α-hetero) is 1. The summed E-state index contributed by atoms with van der Waals surface area (Å²) in [7, 11) is 1.39. The monoisotopic (exact) mass is 340 g/mol. The van der Waals surface area contributed by atoms with Gasteiger partial charge in [0.25, 0.3) is 0 Å². The number of fused-ring (bicyclic) bond motifs is 1. The van der Waals surface area contributed by atoms with Crippen LogP contribution in [0.1, 0.15) is 40.8 Å². The molecule has 1 unspecified atom stereocenters. The number of aromatic nitrogens is 3. The van der Waals surface area contributed by atoms with Crippen molar-refractivity contribution in [2.24, 2.45) is 7.05 Å². The first-order valence-corrected chi connectivity index (χ1v) is 7.35. The number of amides is 1. The van der Waals surface area contributed by atoms with Gasteiger partial charge in [0.2, 0.25) is 5.91 Å². The fourth-order valence-corrected chi connectivity index (χ4v) is 2.80. The second-order valence-corrected chi connectivity index (χ2v) is 5.64. The number of carbonyl (C=O) groups excluding carboxylic acids is 2. The molecule has 2 aromatic heterocycles. The highest BCUT2D eigenvalue weighted by Gasteiger charge is 2.35. The van der Waals surface area contributed by atoms with Crippen LogP contribution in [0.5, 0.6) is 0 Å². The Morgan fingerprint density at radius 1 is 1.46 bits per heavy atom. The van der Waals surface area contributed by atoms with Gasteiger partial charge in [0, 0.05) is 19.7 Å². The SMILES string of the molecule is Cn1nc(C(F)(F)F)cc1CNC(=O)C1CCC(=O)c2cccn21. The standard InChI is InChI=1S/C15H15F3N4O2/c1-21-9(7-13(20-21)15(16,17)18)8-19-14(24)11-4-5-12(23)10-3-2-6-22(10)11/h2-3,6-7,11H,4-5,8H2,1H3,(H,19,24). The van der Waals surface area contributed by atoms with Gasteiger partial charge in [-0.25, -0.2) is 0 Å². The number of ketones is 1. The average Bonchev–Trinajstić information content (AvgIpc) is 3.12. The number of nitrogens with one attached hydrogen (secondary N) is 1. The summed E-state index contributed by atoms with van der Waals surface area (Å²) in [4.78, 5) is 24.1. The van der Waals surface area contributed by atoms with E-state index in [9.17, 15) is 22.8 Å². The third kappa shape index (κ3) is 2.93. The van der Waals surface area contributed by atoms with E-state index in [-0.39, 0.29) is 30.3 Å². The van der Waals surface area contributed by atoms with Crippen LogP contribution in [0.25, 0.3) is 0 Å². The second-order valence-electron chi connectivity index (χ2n) is 5.64. The van der Waals surface area contributed by atoms with Gasteiger partial charge in [0.15, 0.2) is 11.5 Å². The predicted molar refractivity (Wildman–Crippen MR) is 77.1 cm³/mol. The molecule has 0 saturated carbocycles. The van der Waals surface area contributed by atoms with Gasteiger partial charge in [-0.1, -0.05) is 0 Å². The number of nitrogens with zero attached hydrogens (tertiary/aromatic N) is 3. The van der Waals surface area contributed by atoms with Crippen molar-refractivity contribution in [3.63, 3.8) is 0 Å². The molecule has 2 aromatic rings. The molecule has 24 heavy (non-hydrogen) atoms. The first kappa shape index (κ1) is 16.3. The zero-order valence-corrected chi connectivity index (χ0v) is 12.8. The smallest absolute Gasteiger partial charge is 0.349 e. The van der Waals surface area contributed by atoms with Crippen molar-refractivity contribution in [2.45, 2.75) is 31.6 Å². The second kappa shape index (κ2) is 5.81. The average molecular weight is 340 g/mol. The van der Waals surface area contributed by atoms with Gasteiger partial charge in [-0.15, -0.1) is 0 Å². The fraction of sp³-hybridized carbons (Fsp3) is 0.400. The highest BCUT2D eigenvalue weighted by Crippen LogP contribution is 2.28. The van der Waals surface area contributed by atoms with Crippen LogP contribution >= 0.6 is 0 Å². The molecular weight excluding hydrogens is 325 g/mol. The predicted octanol–water partition coefficient (Wildman–Crippen LogP) is 2.07. The van der Waals surface area contributed by atoms with E-state index in [1.165, 1.54) is 7.05 Å². The fourth-order valence-electron chi connectivity index (χ4n) is 2.80. The summed E-state index contributed by atoms with van der Waals surface area (Å²) < 4.78 is 40.6. The summed E-state index contributed by atoms with van der Waals surface area (Å²) in [6.07, 6.45) is -2.23. The summed E-state index contributed by atoms with van der Waals surface area (Å²) in [5, 5.41) is 6.02. The van der Waals surface area contributed by atoms with Gasteiger partial charge >= 0.3 is 6.18 Å². The molecule has 0 aromatic carbocycles. The third-order valence-corrected chi connectivity index (χ3v) is 4.06. The molecular formula is C15H15F3N4O2. The number of rotatable bonds is 3. The van der Waals surface area contributed by atoms with Crippen molar-refractivity contribution in [2.75, 3.05) is 0 Å². The highest BCUT2D eigenvalue weighted by atomic mass is 19.4. The molecule has 9 heteroatoms. The zero-order chi connectivity index (χ0) is 17.5. The Morgan fingerprint density at radius 2 is 2.21 bits per heavy atom. The Balaban J connectivity index is 1.70. The maximum absolute atomic E-state index is 12.6. The van der Waals surface area contributed by atoms with E-state index in [1.54, 1.807) is 22.9 Å². The molecule has 0 saturated heterocycles. The number of halogens is 3. The minimum Gasteiger partial charge on any atom is -0.349 e. The molecule has 6 nitrogen and oxygen atoms in total. The van der Waals surface area contributed by atoms with E-state index in [4.69, 9.17) is 0 Å². The molecule has 1 amide bonds. The van der Waals surface area contributed by atoms with Crippen LogP contribution in [0.15, 0.2) is 24.4 Å². The van der Waals surface area contributed by atoms with Gasteiger partial charge < -0.3 is 9.88 Å². The summed E-state index contributed by atoms with van der Waals surface area (Å²) in [6.45, 7) is -0.0700. The normalized spacial score (nSPS) is 17.7. The first-order valence-electron chi connectivity index (χ1n) is 7.35. The number of hydrogen-bond donors (Lipinski definition) is 1. The summed E-state index contributed by atoms with van der Waals surface area (Å²) in [6, 6.07) is 3.71. The molecule has 1 aliphatic heterocycles. The molecule has 1 aliphatic rings. The molecule has 128 valence electrons. The molecule has 0 aliphatic carbocycles. The maximum Gasteiger partial charge on any atom is 0.435 e. The minimum absolute atomic E-state index is 0.0227. The highest BCUT2D eigenvalue weighted by molar-refractivity contribution is 5.97. The Hall–Kier alpha value is -2.58.